The van der Waals surface area contributed by atoms with Crippen molar-refractivity contribution in [1.82, 2.24) is 10.6 Å². The van der Waals surface area contributed by atoms with Crippen LogP contribution in [0.25, 0.3) is 0 Å². The Kier molecular flexibility index (Phi) is 5.71. The van der Waals surface area contributed by atoms with Crippen LogP contribution in [-0.2, 0) is 0 Å². The zero-order valence-electron chi connectivity index (χ0n) is 4.15. The summed E-state index contributed by atoms with van der Waals surface area (Å²) in [6.45, 7) is 0.993. The van der Waals surface area contributed by atoms with Crippen LogP contribution in [0.3, 0.4) is 0 Å². The number of nitrogens with one attached hydrogen (secondary N) is 2. The average molecular weight is 105 g/mol. The highest BCUT2D eigenvalue weighted by Gasteiger charge is 1.74. The highest BCUT2D eigenvalue weighted by Crippen LogP contribution is 1.42. The van der Waals surface area contributed by atoms with Gasteiger partial charge in [-0.15, -0.1) is 0 Å². The number of hydrogen-bond donors (Lipinski definition) is 4. The third-order valence-electron chi connectivity index (χ3n) is 0.506. The minimum atomic E-state index is -0.00694. The standard InChI is InChI=1S/C3H11N3O/c4-1-5-2-6-3-7/h5-7H,1-4H2. The maximum absolute atomic E-state index is 8.10. The van der Waals surface area contributed by atoms with E-state index in [1.165, 1.54) is 0 Å². The first-order valence-corrected chi connectivity index (χ1v) is 2.14. The van der Waals surface area contributed by atoms with E-state index >= 15 is 0 Å². The molecule has 0 spiro atoms. The van der Waals surface area contributed by atoms with Crippen LogP contribution in [0.5, 0.6) is 0 Å². The Morgan fingerprint density at radius 1 is 1.43 bits per heavy atom. The molecule has 0 aliphatic carbocycles. The lowest BCUT2D eigenvalue weighted by Crippen LogP contribution is -2.33. The fourth-order valence-corrected chi connectivity index (χ4v) is 0.216. The van der Waals surface area contributed by atoms with Crippen molar-refractivity contribution < 1.29 is 5.11 Å². The molecule has 0 aromatic rings. The molecule has 5 N–H and O–H groups in total. The van der Waals surface area contributed by atoms with Gasteiger partial charge in [-0.2, -0.15) is 0 Å². The molecule has 7 heavy (non-hydrogen) atoms. The maximum atomic E-state index is 8.10. The summed E-state index contributed by atoms with van der Waals surface area (Å²) in [5.41, 5.74) is 5.04. The minimum absolute atomic E-state index is 0.00694. The predicted octanol–water partition coefficient (Wildman–Crippen LogP) is -2.01. The van der Waals surface area contributed by atoms with Crippen molar-refractivity contribution >= 4 is 0 Å². The van der Waals surface area contributed by atoms with E-state index in [1.54, 1.807) is 0 Å². The predicted molar refractivity (Wildman–Crippen MR) is 27.3 cm³/mol. The summed E-state index contributed by atoms with van der Waals surface area (Å²) in [4.78, 5) is 0. The number of nitrogens with two attached hydrogens (primary N) is 1. The third-order valence-corrected chi connectivity index (χ3v) is 0.506. The molecule has 0 aromatic heterocycles. The van der Waals surface area contributed by atoms with Gasteiger partial charge in [0.25, 0.3) is 0 Å². The highest BCUT2D eigenvalue weighted by atomic mass is 16.3. The number of hydrogen-bond acceptors (Lipinski definition) is 4. The molecular formula is C3H11N3O. The second-order valence-corrected chi connectivity index (χ2v) is 1.04. The van der Waals surface area contributed by atoms with Gasteiger partial charge in [-0.1, -0.05) is 0 Å². The molecule has 0 saturated heterocycles. The molecule has 0 unspecified atom stereocenters. The molecule has 0 radical (unpaired) electrons. The van der Waals surface area contributed by atoms with Gasteiger partial charge in [-0.05, 0) is 0 Å². The Bertz CT molecular complexity index is 29.4. The van der Waals surface area contributed by atoms with Crippen molar-refractivity contribution in [2.24, 2.45) is 5.73 Å². The van der Waals surface area contributed by atoms with Crippen LogP contribution in [0.4, 0.5) is 0 Å². The molecule has 0 aliphatic rings. The lowest BCUT2D eigenvalue weighted by Gasteiger charge is -1.97. The third kappa shape index (κ3) is 5.84. The van der Waals surface area contributed by atoms with Gasteiger partial charge in [0.15, 0.2) is 0 Å². The van der Waals surface area contributed by atoms with Crippen molar-refractivity contribution in [2.75, 3.05) is 20.1 Å². The van der Waals surface area contributed by atoms with E-state index in [0.29, 0.717) is 13.3 Å². The van der Waals surface area contributed by atoms with Gasteiger partial charge in [0.05, 0.1) is 6.73 Å². The first kappa shape index (κ1) is 6.84. The number of aliphatic hydroxyl groups excluding tert-OH is 1. The normalized spacial score (nSPS) is 9.43. The molecular weight excluding hydrogens is 94.1 g/mol. The summed E-state index contributed by atoms with van der Waals surface area (Å²) < 4.78 is 0. The van der Waals surface area contributed by atoms with Gasteiger partial charge in [0.1, 0.15) is 0 Å². The van der Waals surface area contributed by atoms with Gasteiger partial charge in [-0.3, -0.25) is 10.6 Å². The molecule has 0 bridgehead atoms. The Balaban J connectivity index is 2.45. The van der Waals surface area contributed by atoms with Crippen molar-refractivity contribution in [2.45, 2.75) is 0 Å². The van der Waals surface area contributed by atoms with Gasteiger partial charge in [0, 0.05) is 13.3 Å². The van der Waals surface area contributed by atoms with Crippen LogP contribution >= 0.6 is 0 Å². The summed E-state index contributed by atoms with van der Waals surface area (Å²) in [5, 5.41) is 13.5. The summed E-state index contributed by atoms with van der Waals surface area (Å²) in [6.07, 6.45) is 0. The topological polar surface area (TPSA) is 70.3 Å². The fourth-order valence-electron chi connectivity index (χ4n) is 0.216. The van der Waals surface area contributed by atoms with Gasteiger partial charge in [-0.25, -0.2) is 0 Å². The van der Waals surface area contributed by atoms with Crippen LogP contribution in [0, 0.1) is 0 Å². The summed E-state index contributed by atoms with van der Waals surface area (Å²) >= 11 is 0. The Hall–Kier alpha value is -0.160. The van der Waals surface area contributed by atoms with E-state index in [4.69, 9.17) is 10.8 Å². The molecule has 0 rings (SSSR count). The largest absolute Gasteiger partial charge is 0.381 e. The minimum Gasteiger partial charge on any atom is -0.381 e. The molecule has 0 fully saturated rings. The Labute approximate surface area is 42.7 Å². The quantitative estimate of drug-likeness (QED) is 0.246. The first-order valence-electron chi connectivity index (χ1n) is 2.14. The molecule has 4 heteroatoms. The Morgan fingerprint density at radius 3 is 2.57 bits per heavy atom. The van der Waals surface area contributed by atoms with E-state index in [2.05, 4.69) is 10.6 Å². The highest BCUT2D eigenvalue weighted by molar-refractivity contribution is 4.32. The lowest BCUT2D eigenvalue weighted by molar-refractivity contribution is 0.257. The van der Waals surface area contributed by atoms with Crippen molar-refractivity contribution in [1.29, 1.82) is 0 Å². The van der Waals surface area contributed by atoms with E-state index in [-0.39, 0.29) is 6.73 Å². The van der Waals surface area contributed by atoms with Crippen LogP contribution in [0.1, 0.15) is 0 Å². The summed E-state index contributed by atoms with van der Waals surface area (Å²) in [7, 11) is 0. The first-order chi connectivity index (χ1) is 3.41. The average Bonchev–Trinajstić information content (AvgIpc) is 1.69. The van der Waals surface area contributed by atoms with Crippen molar-refractivity contribution in [3.8, 4) is 0 Å². The van der Waals surface area contributed by atoms with Crippen LogP contribution in [0.15, 0.2) is 0 Å². The number of rotatable bonds is 4. The van der Waals surface area contributed by atoms with Crippen LogP contribution in [-0.4, -0.2) is 25.2 Å². The van der Waals surface area contributed by atoms with E-state index < -0.39 is 0 Å². The molecule has 0 aliphatic heterocycles. The van der Waals surface area contributed by atoms with Gasteiger partial charge < -0.3 is 10.8 Å². The molecule has 0 atom stereocenters. The van der Waals surface area contributed by atoms with Gasteiger partial charge >= 0.3 is 0 Å². The van der Waals surface area contributed by atoms with Gasteiger partial charge in [0.2, 0.25) is 0 Å². The smallest absolute Gasteiger partial charge is 0.0941 e. The zero-order chi connectivity index (χ0) is 5.54. The molecule has 4 nitrogen and oxygen atoms in total. The molecule has 44 valence electrons. The van der Waals surface area contributed by atoms with E-state index in [1.807, 2.05) is 0 Å². The maximum Gasteiger partial charge on any atom is 0.0941 e. The molecule has 0 aromatic carbocycles. The monoisotopic (exact) mass is 105 g/mol. The van der Waals surface area contributed by atoms with E-state index in [9.17, 15) is 0 Å². The molecule has 0 amide bonds. The van der Waals surface area contributed by atoms with Crippen molar-refractivity contribution in [3.63, 3.8) is 0 Å². The second-order valence-electron chi connectivity index (χ2n) is 1.04. The van der Waals surface area contributed by atoms with Crippen LogP contribution < -0.4 is 16.4 Å². The fraction of sp³-hybridized carbons (Fsp3) is 1.00. The van der Waals surface area contributed by atoms with Crippen LogP contribution in [0.2, 0.25) is 0 Å². The SMILES string of the molecule is NCNCNCO. The van der Waals surface area contributed by atoms with Crippen molar-refractivity contribution in [3.05, 3.63) is 0 Å². The Morgan fingerprint density at radius 2 is 2.14 bits per heavy atom. The lowest BCUT2D eigenvalue weighted by atomic mass is 10.9. The molecule has 0 heterocycles. The summed E-state index contributed by atoms with van der Waals surface area (Å²) in [6, 6.07) is 0. The number of aliphatic hydroxyl groups is 1. The van der Waals surface area contributed by atoms with E-state index in [0.717, 1.165) is 0 Å². The zero-order valence-corrected chi connectivity index (χ0v) is 4.15. The second kappa shape index (κ2) is 5.84. The molecule has 0 saturated carbocycles. The summed E-state index contributed by atoms with van der Waals surface area (Å²) in [5.74, 6) is 0.